The minimum atomic E-state index is -0.727. The summed E-state index contributed by atoms with van der Waals surface area (Å²) in [6, 6.07) is 0.668. The maximum Gasteiger partial charge on any atom is 0.298 e. The highest BCUT2D eigenvalue weighted by molar-refractivity contribution is 8.00. The Hall–Kier alpha value is -1.24. The van der Waals surface area contributed by atoms with Crippen molar-refractivity contribution < 1.29 is 14.2 Å². The lowest BCUT2D eigenvalue weighted by molar-refractivity contribution is -0.262. The van der Waals surface area contributed by atoms with E-state index in [0.29, 0.717) is 12.6 Å². The van der Waals surface area contributed by atoms with Crippen LogP contribution in [0.2, 0.25) is 0 Å². The van der Waals surface area contributed by atoms with Crippen LogP contribution in [-0.4, -0.2) is 46.1 Å². The Morgan fingerprint density at radius 2 is 2.38 bits per heavy atom. The second kappa shape index (κ2) is 4.63. The molecule has 6 heteroatoms. The number of hydrogen-bond acceptors (Lipinski definition) is 6. The van der Waals surface area contributed by atoms with Crippen molar-refractivity contribution in [3.63, 3.8) is 0 Å². The number of hydrogen-bond donors (Lipinski definition) is 0. The molecule has 0 aromatic rings. The van der Waals surface area contributed by atoms with Crippen molar-refractivity contribution in [2.75, 3.05) is 6.61 Å². The van der Waals surface area contributed by atoms with Gasteiger partial charge in [0.05, 0.1) is 17.6 Å². The average molecular weight is 306 g/mol. The van der Waals surface area contributed by atoms with Gasteiger partial charge in [0.2, 0.25) is 0 Å². The number of nitrogens with zero attached hydrogens (tertiary/aromatic N) is 2. The van der Waals surface area contributed by atoms with Crippen molar-refractivity contribution in [2.24, 2.45) is 4.99 Å². The summed E-state index contributed by atoms with van der Waals surface area (Å²) in [5.74, 6) is -0.727. The van der Waals surface area contributed by atoms with E-state index in [1.807, 2.05) is 44.0 Å². The van der Waals surface area contributed by atoms with Gasteiger partial charge in [0.15, 0.2) is 11.9 Å². The van der Waals surface area contributed by atoms with Gasteiger partial charge in [-0.3, -0.25) is 4.90 Å². The third kappa shape index (κ3) is 1.97. The number of fused-ring (bicyclic) bond motifs is 5. The van der Waals surface area contributed by atoms with E-state index in [9.17, 15) is 0 Å². The van der Waals surface area contributed by atoms with Gasteiger partial charge < -0.3 is 14.2 Å². The fraction of sp³-hybridized carbons (Fsp3) is 0.533. The Morgan fingerprint density at radius 3 is 3.14 bits per heavy atom. The number of allylic oxidation sites excluding steroid dienone is 2. The van der Waals surface area contributed by atoms with E-state index >= 15 is 0 Å². The molecule has 0 aromatic heterocycles. The molecule has 0 aliphatic carbocycles. The number of rotatable bonds is 1. The van der Waals surface area contributed by atoms with Crippen LogP contribution in [0, 0.1) is 0 Å². The molecule has 5 nitrogen and oxygen atoms in total. The van der Waals surface area contributed by atoms with Crippen LogP contribution in [0.1, 0.15) is 13.8 Å². The molecule has 3 fully saturated rings. The van der Waals surface area contributed by atoms with Gasteiger partial charge in [0, 0.05) is 6.20 Å². The minimum absolute atomic E-state index is 0.00694. The highest BCUT2D eigenvalue weighted by Crippen LogP contribution is 2.48. The Morgan fingerprint density at radius 1 is 1.52 bits per heavy atom. The molecule has 3 saturated heterocycles. The van der Waals surface area contributed by atoms with Crippen molar-refractivity contribution in [3.05, 3.63) is 36.7 Å². The summed E-state index contributed by atoms with van der Waals surface area (Å²) in [6.45, 7) is 8.31. The third-order valence-corrected chi connectivity index (χ3v) is 5.75. The molecule has 4 heterocycles. The molecule has 0 N–H and O–H groups in total. The van der Waals surface area contributed by atoms with Crippen LogP contribution in [0.4, 0.5) is 0 Å². The standard InChI is InChI=1S/C15H18N2O3S/c1-4-9-6-7-17-13-12(19-14(17)16-9)11-10(21-13)8-18-15(3,5-2)20-11/h4-7,10-13H,2,8H2,1,3H3/t10-,11-,12+,13-,15?/m1/s1. The highest BCUT2D eigenvalue weighted by atomic mass is 32.2. The summed E-state index contributed by atoms with van der Waals surface area (Å²) >= 11 is 1.84. The predicted octanol–water partition coefficient (Wildman–Crippen LogP) is 2.23. The molecule has 4 rings (SSSR count). The molecule has 0 bridgehead atoms. The van der Waals surface area contributed by atoms with E-state index < -0.39 is 5.79 Å². The van der Waals surface area contributed by atoms with Crippen molar-refractivity contribution in [2.45, 2.75) is 42.5 Å². The Kier molecular flexibility index (Phi) is 2.96. The molecule has 1 unspecified atom stereocenters. The van der Waals surface area contributed by atoms with Crippen molar-refractivity contribution in [3.8, 4) is 0 Å². The summed E-state index contributed by atoms with van der Waals surface area (Å²) < 4.78 is 18.0. The van der Waals surface area contributed by atoms with Crippen molar-refractivity contribution in [1.29, 1.82) is 0 Å². The fourth-order valence-corrected chi connectivity index (χ4v) is 4.51. The maximum absolute atomic E-state index is 6.11. The van der Waals surface area contributed by atoms with E-state index in [1.54, 1.807) is 6.08 Å². The lowest BCUT2D eigenvalue weighted by Crippen LogP contribution is -2.50. The van der Waals surface area contributed by atoms with Crippen LogP contribution >= 0.6 is 11.8 Å². The quantitative estimate of drug-likeness (QED) is 0.695. The molecular formula is C15H18N2O3S. The van der Waals surface area contributed by atoms with Crippen LogP contribution in [0.5, 0.6) is 0 Å². The first-order valence-corrected chi connectivity index (χ1v) is 8.07. The number of thioether (sulfide) groups is 1. The lowest BCUT2D eigenvalue weighted by Gasteiger charge is -2.39. The van der Waals surface area contributed by atoms with Gasteiger partial charge in [0.25, 0.3) is 6.02 Å². The van der Waals surface area contributed by atoms with Crippen molar-refractivity contribution in [1.82, 2.24) is 4.90 Å². The Balaban J connectivity index is 1.61. The first kappa shape index (κ1) is 13.4. The number of amidine groups is 1. The predicted molar refractivity (Wildman–Crippen MR) is 81.6 cm³/mol. The van der Waals surface area contributed by atoms with Gasteiger partial charge >= 0.3 is 0 Å². The summed E-state index contributed by atoms with van der Waals surface area (Å²) in [5.41, 5.74) is 0.923. The first-order chi connectivity index (χ1) is 10.1. The second-order valence-corrected chi connectivity index (χ2v) is 6.95. The Labute approximate surface area is 128 Å². The third-order valence-electron chi connectivity index (χ3n) is 4.22. The molecular weight excluding hydrogens is 288 g/mol. The van der Waals surface area contributed by atoms with Crippen LogP contribution in [-0.2, 0) is 14.2 Å². The molecule has 0 radical (unpaired) electrons. The fourth-order valence-electron chi connectivity index (χ4n) is 2.98. The van der Waals surface area contributed by atoms with Gasteiger partial charge in [-0.15, -0.1) is 11.8 Å². The molecule has 0 amide bonds. The van der Waals surface area contributed by atoms with Gasteiger partial charge in [0.1, 0.15) is 11.5 Å². The second-order valence-electron chi connectivity index (χ2n) is 5.59. The van der Waals surface area contributed by atoms with E-state index in [0.717, 1.165) is 5.70 Å². The van der Waals surface area contributed by atoms with Crippen molar-refractivity contribution >= 4 is 17.8 Å². The Bertz CT molecular complexity index is 573. The minimum Gasteiger partial charge on any atom is -0.455 e. The molecule has 5 atom stereocenters. The molecule has 21 heavy (non-hydrogen) atoms. The molecule has 0 aromatic carbocycles. The van der Waals surface area contributed by atoms with Gasteiger partial charge in [-0.2, -0.15) is 4.99 Å². The molecule has 0 spiro atoms. The van der Waals surface area contributed by atoms with Gasteiger partial charge in [-0.05, 0) is 26.0 Å². The summed E-state index contributed by atoms with van der Waals surface area (Å²) in [6.07, 6.45) is 7.69. The topological polar surface area (TPSA) is 43.3 Å². The molecule has 0 saturated carbocycles. The molecule has 4 aliphatic heterocycles. The van der Waals surface area contributed by atoms with E-state index in [4.69, 9.17) is 14.2 Å². The van der Waals surface area contributed by atoms with E-state index in [1.165, 1.54) is 0 Å². The van der Waals surface area contributed by atoms with E-state index in [2.05, 4.69) is 16.5 Å². The smallest absolute Gasteiger partial charge is 0.298 e. The summed E-state index contributed by atoms with van der Waals surface area (Å²) in [4.78, 5) is 6.61. The van der Waals surface area contributed by atoms with Gasteiger partial charge in [-0.1, -0.05) is 12.7 Å². The van der Waals surface area contributed by atoms with Crippen LogP contribution in [0.15, 0.2) is 41.7 Å². The largest absolute Gasteiger partial charge is 0.455 e. The van der Waals surface area contributed by atoms with Gasteiger partial charge in [-0.25, -0.2) is 0 Å². The average Bonchev–Trinajstić information content (AvgIpc) is 3.02. The monoisotopic (exact) mass is 306 g/mol. The maximum atomic E-state index is 6.11. The van der Waals surface area contributed by atoms with Crippen LogP contribution in [0.25, 0.3) is 0 Å². The lowest BCUT2D eigenvalue weighted by atomic mass is 10.1. The van der Waals surface area contributed by atoms with Crippen LogP contribution in [0.3, 0.4) is 0 Å². The first-order valence-electron chi connectivity index (χ1n) is 7.12. The number of aliphatic imine (C=N–C) groups is 1. The zero-order valence-corrected chi connectivity index (χ0v) is 12.9. The summed E-state index contributed by atoms with van der Waals surface area (Å²) in [7, 11) is 0. The van der Waals surface area contributed by atoms with E-state index in [-0.39, 0.29) is 22.8 Å². The zero-order valence-electron chi connectivity index (χ0n) is 12.1. The SMILES string of the molecule is C=CC1(C)OC[C@H]2S[C@@H]3[C@@H](OC4=NC(=CC)C=CN43)[C@@H]2O1. The number of ether oxygens (including phenoxy) is 3. The summed E-state index contributed by atoms with van der Waals surface area (Å²) in [5, 5.41) is 0.482. The molecule has 4 aliphatic rings. The highest BCUT2D eigenvalue weighted by Gasteiger charge is 2.58. The van der Waals surface area contributed by atoms with Crippen LogP contribution < -0.4 is 0 Å². The zero-order chi connectivity index (χ0) is 14.6. The molecule has 112 valence electrons. The normalized spacial score (nSPS) is 45.7.